The lowest BCUT2D eigenvalue weighted by Crippen LogP contribution is -2.26. The Balaban J connectivity index is 2.20. The molecule has 0 bridgehead atoms. The van der Waals surface area contributed by atoms with Crippen molar-refractivity contribution in [1.29, 1.82) is 0 Å². The molecule has 0 saturated heterocycles. The maximum absolute atomic E-state index is 9.14. The quantitative estimate of drug-likeness (QED) is 0.671. The number of nitrogens with one attached hydrogen (secondary N) is 1. The third kappa shape index (κ3) is 1.79. The highest BCUT2D eigenvalue weighted by molar-refractivity contribution is 6.31. The van der Waals surface area contributed by atoms with Gasteiger partial charge in [0.25, 0.3) is 0 Å². The van der Waals surface area contributed by atoms with Crippen molar-refractivity contribution in [3.8, 4) is 0 Å². The van der Waals surface area contributed by atoms with E-state index in [-0.39, 0.29) is 12.1 Å². The minimum Gasteiger partial charge on any atom is -0.397 e. The van der Waals surface area contributed by atoms with Crippen LogP contribution in [0.15, 0.2) is 18.2 Å². The first-order chi connectivity index (χ1) is 6.65. The second-order valence-electron chi connectivity index (χ2n) is 3.80. The van der Waals surface area contributed by atoms with Gasteiger partial charge >= 0.3 is 0 Å². The number of nitrogen functional groups attached to an aromatic ring is 1. The van der Waals surface area contributed by atoms with Crippen molar-refractivity contribution in [3.63, 3.8) is 0 Å². The summed E-state index contributed by atoms with van der Waals surface area (Å²) in [4.78, 5) is 0. The number of nitrogens with two attached hydrogens (primary N) is 1. The molecule has 0 amide bonds. The van der Waals surface area contributed by atoms with Crippen LogP contribution in [0.1, 0.15) is 12.8 Å². The summed E-state index contributed by atoms with van der Waals surface area (Å²) < 4.78 is 0. The Bertz CT molecular complexity index is 350. The number of aliphatic hydroxyl groups excluding tert-OH is 1. The maximum Gasteiger partial charge on any atom is 0.0661 e. The molecule has 3 nitrogen and oxygen atoms in total. The van der Waals surface area contributed by atoms with Crippen LogP contribution in [0.3, 0.4) is 0 Å². The van der Waals surface area contributed by atoms with E-state index in [0.717, 1.165) is 18.5 Å². The number of halogens is 1. The zero-order valence-corrected chi connectivity index (χ0v) is 8.51. The highest BCUT2D eigenvalue weighted by Crippen LogP contribution is 2.40. The minimum atomic E-state index is -0.154. The van der Waals surface area contributed by atoms with Crippen molar-refractivity contribution in [2.24, 2.45) is 0 Å². The zero-order chi connectivity index (χ0) is 10.2. The fraction of sp³-hybridized carbons (Fsp3) is 0.400. The largest absolute Gasteiger partial charge is 0.397 e. The molecule has 1 aromatic carbocycles. The molecular formula is C10H13ClN2O. The standard InChI is InChI=1S/C10H13ClN2O/c11-7-1-2-8(12)9(5-7)13-10(6-14)3-4-10/h1-2,5,13-14H,3-4,6,12H2. The van der Waals surface area contributed by atoms with E-state index in [1.165, 1.54) is 0 Å². The first-order valence-corrected chi connectivity index (χ1v) is 4.97. The molecule has 2 rings (SSSR count). The smallest absolute Gasteiger partial charge is 0.0661 e. The Hall–Kier alpha value is -0.930. The molecule has 0 unspecified atom stereocenters. The van der Waals surface area contributed by atoms with Crippen LogP contribution in [0.4, 0.5) is 11.4 Å². The van der Waals surface area contributed by atoms with Crippen LogP contribution < -0.4 is 11.1 Å². The van der Waals surface area contributed by atoms with E-state index in [0.29, 0.717) is 10.7 Å². The van der Waals surface area contributed by atoms with Gasteiger partial charge in [-0.05, 0) is 31.0 Å². The fourth-order valence-corrected chi connectivity index (χ4v) is 1.57. The van der Waals surface area contributed by atoms with Crippen LogP contribution in [0.5, 0.6) is 0 Å². The van der Waals surface area contributed by atoms with Crippen molar-refractivity contribution < 1.29 is 5.11 Å². The first-order valence-electron chi connectivity index (χ1n) is 4.59. The van der Waals surface area contributed by atoms with Gasteiger partial charge in [-0.3, -0.25) is 0 Å². The highest BCUT2D eigenvalue weighted by Gasteiger charge is 2.42. The van der Waals surface area contributed by atoms with Gasteiger partial charge in [-0.2, -0.15) is 0 Å². The Kier molecular flexibility index (Phi) is 2.29. The number of anilines is 2. The summed E-state index contributed by atoms with van der Waals surface area (Å²) >= 11 is 5.85. The summed E-state index contributed by atoms with van der Waals surface area (Å²) in [5.74, 6) is 0. The average Bonchev–Trinajstić information content (AvgIpc) is 2.92. The molecule has 14 heavy (non-hydrogen) atoms. The van der Waals surface area contributed by atoms with Crippen molar-refractivity contribution in [2.75, 3.05) is 17.7 Å². The zero-order valence-electron chi connectivity index (χ0n) is 7.76. The van der Waals surface area contributed by atoms with Crippen LogP contribution in [0.25, 0.3) is 0 Å². The number of hydrogen-bond donors (Lipinski definition) is 3. The van der Waals surface area contributed by atoms with Crippen LogP contribution in [-0.2, 0) is 0 Å². The molecular weight excluding hydrogens is 200 g/mol. The van der Waals surface area contributed by atoms with Gasteiger partial charge in [0.1, 0.15) is 0 Å². The lowest BCUT2D eigenvalue weighted by atomic mass is 10.2. The van der Waals surface area contributed by atoms with Crippen LogP contribution in [0.2, 0.25) is 5.02 Å². The molecule has 4 heteroatoms. The third-order valence-corrected chi connectivity index (χ3v) is 2.81. The highest BCUT2D eigenvalue weighted by atomic mass is 35.5. The number of rotatable bonds is 3. The summed E-state index contributed by atoms with van der Waals surface area (Å²) in [5.41, 5.74) is 7.09. The lowest BCUT2D eigenvalue weighted by molar-refractivity contribution is 0.266. The van der Waals surface area contributed by atoms with E-state index >= 15 is 0 Å². The molecule has 0 aromatic heterocycles. The second-order valence-corrected chi connectivity index (χ2v) is 4.23. The Labute approximate surface area is 87.9 Å². The number of aliphatic hydroxyl groups is 1. The van der Waals surface area contributed by atoms with E-state index in [2.05, 4.69) is 5.32 Å². The Morgan fingerprint density at radius 1 is 1.50 bits per heavy atom. The molecule has 1 aliphatic rings. The number of benzene rings is 1. The maximum atomic E-state index is 9.14. The van der Waals surface area contributed by atoms with E-state index in [4.69, 9.17) is 22.4 Å². The molecule has 0 spiro atoms. The molecule has 1 aromatic rings. The molecule has 0 heterocycles. The summed E-state index contributed by atoms with van der Waals surface area (Å²) in [5, 5.41) is 13.0. The topological polar surface area (TPSA) is 58.3 Å². The summed E-state index contributed by atoms with van der Waals surface area (Å²) in [6, 6.07) is 5.30. The van der Waals surface area contributed by atoms with E-state index < -0.39 is 0 Å². The van der Waals surface area contributed by atoms with Gasteiger partial charge in [0, 0.05) is 5.02 Å². The fourth-order valence-electron chi connectivity index (χ4n) is 1.40. The van der Waals surface area contributed by atoms with Gasteiger partial charge in [-0.15, -0.1) is 0 Å². The summed E-state index contributed by atoms with van der Waals surface area (Å²) in [6.45, 7) is 0.138. The van der Waals surface area contributed by atoms with Gasteiger partial charge < -0.3 is 16.2 Å². The molecule has 1 fully saturated rings. The van der Waals surface area contributed by atoms with Gasteiger partial charge in [0.2, 0.25) is 0 Å². The number of hydrogen-bond acceptors (Lipinski definition) is 3. The van der Waals surface area contributed by atoms with Crippen LogP contribution in [0, 0.1) is 0 Å². The average molecular weight is 213 g/mol. The van der Waals surface area contributed by atoms with Gasteiger partial charge in [0.05, 0.1) is 23.5 Å². The molecule has 0 aliphatic heterocycles. The minimum absolute atomic E-state index is 0.138. The van der Waals surface area contributed by atoms with Crippen molar-refractivity contribution in [1.82, 2.24) is 0 Å². The summed E-state index contributed by atoms with van der Waals surface area (Å²) in [7, 11) is 0. The SMILES string of the molecule is Nc1ccc(Cl)cc1NC1(CO)CC1. The van der Waals surface area contributed by atoms with E-state index in [9.17, 15) is 0 Å². The Morgan fingerprint density at radius 2 is 2.21 bits per heavy atom. The molecule has 0 atom stereocenters. The predicted molar refractivity (Wildman–Crippen MR) is 58.5 cm³/mol. The van der Waals surface area contributed by atoms with Crippen LogP contribution in [-0.4, -0.2) is 17.3 Å². The molecule has 0 radical (unpaired) electrons. The molecule has 1 aliphatic carbocycles. The lowest BCUT2D eigenvalue weighted by Gasteiger charge is -2.17. The van der Waals surface area contributed by atoms with Crippen molar-refractivity contribution in [3.05, 3.63) is 23.2 Å². The Morgan fingerprint density at radius 3 is 2.79 bits per heavy atom. The van der Waals surface area contributed by atoms with Gasteiger partial charge in [-0.25, -0.2) is 0 Å². The van der Waals surface area contributed by atoms with Crippen molar-refractivity contribution >= 4 is 23.0 Å². The van der Waals surface area contributed by atoms with Crippen molar-refractivity contribution in [2.45, 2.75) is 18.4 Å². The first kappa shape index (κ1) is 9.62. The normalized spacial score (nSPS) is 17.9. The molecule has 1 saturated carbocycles. The second kappa shape index (κ2) is 3.33. The predicted octanol–water partition coefficient (Wildman–Crippen LogP) is 1.86. The van der Waals surface area contributed by atoms with E-state index in [1.54, 1.807) is 18.2 Å². The summed E-state index contributed by atoms with van der Waals surface area (Å²) in [6.07, 6.45) is 1.96. The van der Waals surface area contributed by atoms with Crippen LogP contribution >= 0.6 is 11.6 Å². The van der Waals surface area contributed by atoms with Gasteiger partial charge in [0.15, 0.2) is 0 Å². The molecule has 4 N–H and O–H groups in total. The molecule has 76 valence electrons. The van der Waals surface area contributed by atoms with Gasteiger partial charge in [-0.1, -0.05) is 11.6 Å². The van der Waals surface area contributed by atoms with E-state index in [1.807, 2.05) is 0 Å². The third-order valence-electron chi connectivity index (χ3n) is 2.57. The monoisotopic (exact) mass is 212 g/mol.